The molecule has 2 nitrogen and oxygen atoms in total. The lowest BCUT2D eigenvalue weighted by atomic mass is 9.98. The number of aliphatic hydroxyl groups excluding tert-OH is 1. The first kappa shape index (κ1) is 29.5. The van der Waals surface area contributed by atoms with E-state index in [1.54, 1.807) is 0 Å². The van der Waals surface area contributed by atoms with Gasteiger partial charge in [-0.1, -0.05) is 66.3 Å². The fourth-order valence-electron chi connectivity index (χ4n) is 2.96. The molecule has 3 rings (SSSR count). The zero-order valence-electron chi connectivity index (χ0n) is 19.5. The average Bonchev–Trinajstić information content (AvgIpc) is 2.72. The molecule has 0 heterocycles. The Morgan fingerprint density at radius 3 is 1.82 bits per heavy atom. The molecule has 0 radical (unpaired) electrons. The van der Waals surface area contributed by atoms with Crippen LogP contribution in [0.1, 0.15) is 64.7 Å². The predicted octanol–water partition coefficient (Wildman–Crippen LogP) is 8.71. The molecular formula is C28H38O2S3. The van der Waals surface area contributed by atoms with E-state index in [1.165, 1.54) is 5.56 Å². The number of hydrogen-bond acceptors (Lipinski definition) is 5. The number of rotatable bonds is 6. The predicted molar refractivity (Wildman–Crippen MR) is 152 cm³/mol. The van der Waals surface area contributed by atoms with Crippen molar-refractivity contribution < 1.29 is 9.84 Å². The van der Waals surface area contributed by atoms with Gasteiger partial charge in [0.05, 0.1) is 6.61 Å². The van der Waals surface area contributed by atoms with Gasteiger partial charge in [-0.05, 0) is 64.4 Å². The van der Waals surface area contributed by atoms with E-state index in [0.29, 0.717) is 12.5 Å². The largest absolute Gasteiger partial charge is 0.489 e. The molecule has 5 heteroatoms. The number of aliphatic hydroxyl groups is 1. The van der Waals surface area contributed by atoms with Crippen molar-refractivity contribution in [1.82, 2.24) is 0 Å². The summed E-state index contributed by atoms with van der Waals surface area (Å²) in [5.74, 6) is 2.04. The van der Waals surface area contributed by atoms with Crippen molar-refractivity contribution in [3.05, 3.63) is 71.3 Å². The van der Waals surface area contributed by atoms with Crippen molar-refractivity contribution in [2.24, 2.45) is 5.92 Å². The quantitative estimate of drug-likeness (QED) is 0.254. The fraction of sp³-hybridized carbons (Fsp3) is 0.357. The van der Waals surface area contributed by atoms with Crippen LogP contribution < -0.4 is 4.74 Å². The molecule has 180 valence electrons. The monoisotopic (exact) mass is 502 g/mol. The van der Waals surface area contributed by atoms with Crippen LogP contribution in [0.5, 0.6) is 5.75 Å². The van der Waals surface area contributed by atoms with Crippen LogP contribution in [0.3, 0.4) is 0 Å². The third kappa shape index (κ3) is 8.97. The molecule has 0 bridgehead atoms. The maximum Gasteiger partial charge on any atom is 0.120 e. The summed E-state index contributed by atoms with van der Waals surface area (Å²) in [6, 6.07) is 17.9. The zero-order chi connectivity index (χ0) is 23.8. The van der Waals surface area contributed by atoms with E-state index in [-0.39, 0.29) is 14.0 Å². The van der Waals surface area contributed by atoms with Gasteiger partial charge < -0.3 is 9.84 Å². The summed E-state index contributed by atoms with van der Waals surface area (Å²) in [7, 11) is 0. The van der Waals surface area contributed by atoms with E-state index in [1.807, 2.05) is 36.4 Å². The van der Waals surface area contributed by atoms with Gasteiger partial charge in [-0.2, -0.15) is 0 Å². The molecule has 0 spiro atoms. The minimum absolute atomic E-state index is 0. The van der Waals surface area contributed by atoms with Crippen molar-refractivity contribution in [3.63, 3.8) is 0 Å². The number of hydrogen-bond donors (Lipinski definition) is 4. The molecule has 3 aromatic carbocycles. The average molecular weight is 503 g/mol. The van der Waals surface area contributed by atoms with Crippen LogP contribution in [-0.4, -0.2) is 5.11 Å². The summed E-state index contributed by atoms with van der Waals surface area (Å²) in [5.41, 5.74) is 5.15. The van der Waals surface area contributed by atoms with E-state index in [2.05, 4.69) is 90.7 Å². The molecule has 0 atom stereocenters. The standard InChI is InChI=1S/C23H24O2S3.C4H10.CH4/c1-14(2)16-5-7-19(22(27)10-16)20-8-6-18(11-23(20)28)25-13-17-4-3-15(12-24)9-21(17)26;1-4(2)3;/h3-11,14,24,26-28H,12-13H2,1-2H3;4H,1-3H3;1H4. The fourth-order valence-corrected chi connectivity index (χ4v) is 3.93. The van der Waals surface area contributed by atoms with Crippen molar-refractivity contribution in [2.75, 3.05) is 0 Å². The molecule has 0 aromatic heterocycles. The second kappa shape index (κ2) is 14.0. The highest BCUT2D eigenvalue weighted by molar-refractivity contribution is 7.81. The normalized spacial score (nSPS) is 10.5. The molecular weight excluding hydrogens is 465 g/mol. The van der Waals surface area contributed by atoms with Crippen LogP contribution in [0.4, 0.5) is 0 Å². The highest BCUT2D eigenvalue weighted by Crippen LogP contribution is 2.35. The lowest BCUT2D eigenvalue weighted by Gasteiger charge is -2.14. The number of ether oxygens (including phenoxy) is 1. The second-order valence-corrected chi connectivity index (χ2v) is 10.2. The van der Waals surface area contributed by atoms with Crippen LogP contribution in [-0.2, 0) is 13.2 Å². The highest BCUT2D eigenvalue weighted by Gasteiger charge is 2.10. The molecule has 0 aliphatic rings. The summed E-state index contributed by atoms with van der Waals surface area (Å²) in [6.07, 6.45) is 0. The van der Waals surface area contributed by atoms with Gasteiger partial charge in [-0.3, -0.25) is 0 Å². The van der Waals surface area contributed by atoms with Gasteiger partial charge in [0.15, 0.2) is 0 Å². The Labute approximate surface area is 217 Å². The lowest BCUT2D eigenvalue weighted by molar-refractivity contribution is 0.280. The van der Waals surface area contributed by atoms with Crippen molar-refractivity contribution >= 4 is 37.9 Å². The van der Waals surface area contributed by atoms with Gasteiger partial charge >= 0.3 is 0 Å². The van der Waals surface area contributed by atoms with E-state index >= 15 is 0 Å². The van der Waals surface area contributed by atoms with Crippen LogP contribution >= 0.6 is 37.9 Å². The topological polar surface area (TPSA) is 29.5 Å². The van der Waals surface area contributed by atoms with Gasteiger partial charge in [0, 0.05) is 20.2 Å². The van der Waals surface area contributed by atoms with Crippen molar-refractivity contribution in [3.8, 4) is 16.9 Å². The Morgan fingerprint density at radius 2 is 1.33 bits per heavy atom. The molecule has 0 aliphatic heterocycles. The molecule has 0 saturated heterocycles. The first-order valence-electron chi connectivity index (χ1n) is 10.8. The van der Waals surface area contributed by atoms with E-state index in [9.17, 15) is 5.11 Å². The first-order chi connectivity index (χ1) is 15.1. The maximum absolute atomic E-state index is 9.19. The first-order valence-corrected chi connectivity index (χ1v) is 12.2. The van der Waals surface area contributed by atoms with Gasteiger partial charge in [0.25, 0.3) is 0 Å². The van der Waals surface area contributed by atoms with Crippen molar-refractivity contribution in [2.45, 2.75) is 75.9 Å². The van der Waals surface area contributed by atoms with Crippen LogP contribution in [0.25, 0.3) is 11.1 Å². The summed E-state index contributed by atoms with van der Waals surface area (Å²) in [5, 5.41) is 9.19. The Kier molecular flexibility index (Phi) is 12.5. The van der Waals surface area contributed by atoms with Crippen LogP contribution in [0.15, 0.2) is 69.3 Å². The zero-order valence-corrected chi connectivity index (χ0v) is 22.1. The summed E-state index contributed by atoms with van der Waals surface area (Å²) in [6.45, 7) is 11.3. The van der Waals surface area contributed by atoms with E-state index in [0.717, 1.165) is 48.6 Å². The van der Waals surface area contributed by atoms with Gasteiger partial charge in [-0.25, -0.2) is 0 Å². The minimum Gasteiger partial charge on any atom is -0.489 e. The lowest BCUT2D eigenvalue weighted by Crippen LogP contribution is -1.98. The third-order valence-corrected chi connectivity index (χ3v) is 5.83. The maximum atomic E-state index is 9.19. The summed E-state index contributed by atoms with van der Waals surface area (Å²) >= 11 is 13.8. The van der Waals surface area contributed by atoms with Crippen LogP contribution in [0, 0.1) is 5.92 Å². The Bertz CT molecular complexity index is 1030. The minimum atomic E-state index is 0. The summed E-state index contributed by atoms with van der Waals surface area (Å²) < 4.78 is 5.92. The molecule has 3 aromatic rings. The molecule has 0 unspecified atom stereocenters. The molecule has 0 saturated carbocycles. The number of thiol groups is 3. The van der Waals surface area contributed by atoms with Gasteiger partial charge in [-0.15, -0.1) is 37.9 Å². The molecule has 0 amide bonds. The Morgan fingerprint density at radius 1 is 0.758 bits per heavy atom. The molecule has 1 N–H and O–H groups in total. The third-order valence-electron chi connectivity index (χ3n) is 4.67. The smallest absolute Gasteiger partial charge is 0.120 e. The summed E-state index contributed by atoms with van der Waals surface area (Å²) in [4.78, 5) is 2.59. The SMILES string of the molecule is C.CC(C)C.CC(C)c1ccc(-c2ccc(OCc3ccc(CO)cc3S)cc2S)c(S)c1. The highest BCUT2D eigenvalue weighted by atomic mass is 32.1. The molecule has 0 aliphatic carbocycles. The molecule has 33 heavy (non-hydrogen) atoms. The van der Waals surface area contributed by atoms with Crippen molar-refractivity contribution in [1.29, 1.82) is 0 Å². The Balaban J connectivity index is 0.00000101. The molecule has 0 fully saturated rings. The van der Waals surface area contributed by atoms with E-state index in [4.69, 9.17) is 4.74 Å². The second-order valence-electron chi connectivity index (χ2n) is 8.75. The van der Waals surface area contributed by atoms with Gasteiger partial charge in [0.2, 0.25) is 0 Å². The van der Waals surface area contributed by atoms with E-state index < -0.39 is 0 Å². The van der Waals surface area contributed by atoms with Gasteiger partial charge in [0.1, 0.15) is 12.4 Å². The van der Waals surface area contributed by atoms with Crippen LogP contribution in [0.2, 0.25) is 0 Å². The Hall–Kier alpha value is -1.53. The number of benzene rings is 3.